The van der Waals surface area contributed by atoms with Gasteiger partial charge < -0.3 is 5.32 Å². The van der Waals surface area contributed by atoms with E-state index in [1.54, 1.807) is 0 Å². The maximum Gasteiger partial charge on any atom is 0.0472 e. The molecule has 21 heavy (non-hydrogen) atoms. The SMILES string of the molecule is CCC1(C)CCN(C(CNC2CC2)c2ccccc2)CC1. The quantitative estimate of drug-likeness (QED) is 0.850. The van der Waals surface area contributed by atoms with Crippen LogP contribution >= 0.6 is 0 Å². The van der Waals surface area contributed by atoms with Crippen LogP contribution in [0.1, 0.15) is 57.6 Å². The van der Waals surface area contributed by atoms with Crippen molar-refractivity contribution in [1.29, 1.82) is 0 Å². The predicted octanol–water partition coefficient (Wildman–Crippen LogP) is 3.99. The normalized spacial score (nSPS) is 23.9. The maximum absolute atomic E-state index is 3.75. The second-order valence-corrected chi connectivity index (χ2v) is 7.31. The summed E-state index contributed by atoms with van der Waals surface area (Å²) in [5.41, 5.74) is 2.05. The summed E-state index contributed by atoms with van der Waals surface area (Å²) in [5, 5.41) is 3.75. The van der Waals surface area contributed by atoms with E-state index in [0.717, 1.165) is 12.6 Å². The molecule has 1 N–H and O–H groups in total. The smallest absolute Gasteiger partial charge is 0.0472 e. The van der Waals surface area contributed by atoms with E-state index < -0.39 is 0 Å². The number of nitrogens with one attached hydrogen (secondary N) is 1. The first-order chi connectivity index (χ1) is 10.2. The Kier molecular flexibility index (Phi) is 4.66. The molecule has 2 nitrogen and oxygen atoms in total. The summed E-state index contributed by atoms with van der Waals surface area (Å²) in [6, 6.07) is 12.4. The average Bonchev–Trinajstić information content (AvgIpc) is 3.35. The van der Waals surface area contributed by atoms with Crippen LogP contribution in [-0.4, -0.2) is 30.6 Å². The average molecular weight is 286 g/mol. The van der Waals surface area contributed by atoms with E-state index in [2.05, 4.69) is 54.4 Å². The minimum Gasteiger partial charge on any atom is -0.312 e. The van der Waals surface area contributed by atoms with Gasteiger partial charge in [-0.05, 0) is 49.8 Å². The highest BCUT2D eigenvalue weighted by Gasteiger charge is 2.32. The molecule has 1 aliphatic heterocycles. The Labute approximate surface area is 129 Å². The van der Waals surface area contributed by atoms with Crippen molar-refractivity contribution in [1.82, 2.24) is 10.2 Å². The zero-order chi connectivity index (χ0) is 14.7. The second kappa shape index (κ2) is 6.50. The molecular formula is C19H30N2. The Balaban J connectivity index is 1.66. The molecule has 116 valence electrons. The zero-order valence-electron chi connectivity index (χ0n) is 13.6. The third kappa shape index (κ3) is 3.87. The predicted molar refractivity (Wildman–Crippen MR) is 89.4 cm³/mol. The van der Waals surface area contributed by atoms with E-state index in [1.807, 2.05) is 0 Å². The molecule has 1 heterocycles. The van der Waals surface area contributed by atoms with Crippen molar-refractivity contribution in [3.8, 4) is 0 Å². The number of hydrogen-bond acceptors (Lipinski definition) is 2. The van der Waals surface area contributed by atoms with Crippen LogP contribution in [0.25, 0.3) is 0 Å². The van der Waals surface area contributed by atoms with Crippen LogP contribution in [-0.2, 0) is 0 Å². The zero-order valence-corrected chi connectivity index (χ0v) is 13.6. The monoisotopic (exact) mass is 286 g/mol. The lowest BCUT2D eigenvalue weighted by atomic mass is 9.78. The fraction of sp³-hybridized carbons (Fsp3) is 0.684. The summed E-state index contributed by atoms with van der Waals surface area (Å²) in [4.78, 5) is 2.71. The van der Waals surface area contributed by atoms with Crippen LogP contribution in [0.3, 0.4) is 0 Å². The van der Waals surface area contributed by atoms with Crippen molar-refractivity contribution >= 4 is 0 Å². The lowest BCUT2D eigenvalue weighted by molar-refractivity contribution is 0.0795. The number of rotatable bonds is 6. The first-order valence-corrected chi connectivity index (χ1v) is 8.72. The lowest BCUT2D eigenvalue weighted by Gasteiger charge is -2.42. The first kappa shape index (κ1) is 15.1. The first-order valence-electron chi connectivity index (χ1n) is 8.72. The van der Waals surface area contributed by atoms with Gasteiger partial charge >= 0.3 is 0 Å². The topological polar surface area (TPSA) is 15.3 Å². The van der Waals surface area contributed by atoms with Crippen LogP contribution in [0.15, 0.2) is 30.3 Å². The Bertz CT molecular complexity index is 430. The number of nitrogens with zero attached hydrogens (tertiary/aromatic N) is 1. The van der Waals surface area contributed by atoms with Gasteiger partial charge in [0.1, 0.15) is 0 Å². The third-order valence-electron chi connectivity index (χ3n) is 5.66. The molecule has 0 amide bonds. The van der Waals surface area contributed by atoms with Crippen molar-refractivity contribution in [2.75, 3.05) is 19.6 Å². The van der Waals surface area contributed by atoms with Gasteiger partial charge in [0.15, 0.2) is 0 Å². The molecule has 1 aliphatic carbocycles. The fourth-order valence-electron chi connectivity index (χ4n) is 3.43. The van der Waals surface area contributed by atoms with Crippen LogP contribution in [0.5, 0.6) is 0 Å². The van der Waals surface area contributed by atoms with Crippen molar-refractivity contribution in [3.05, 3.63) is 35.9 Å². The summed E-state index contributed by atoms with van der Waals surface area (Å²) in [5.74, 6) is 0. The highest BCUT2D eigenvalue weighted by Crippen LogP contribution is 2.37. The summed E-state index contributed by atoms with van der Waals surface area (Å²) in [6.45, 7) is 8.41. The standard InChI is InChI=1S/C19H30N2/c1-3-19(2)11-13-21(14-12-19)18(15-20-17-9-10-17)16-7-5-4-6-8-16/h4-8,17-18,20H,3,9-15H2,1-2H3. The number of piperidine rings is 1. The Morgan fingerprint density at radius 3 is 2.43 bits per heavy atom. The Hall–Kier alpha value is -0.860. The fourth-order valence-corrected chi connectivity index (χ4v) is 3.43. The van der Waals surface area contributed by atoms with E-state index in [4.69, 9.17) is 0 Å². The van der Waals surface area contributed by atoms with Gasteiger partial charge in [-0.15, -0.1) is 0 Å². The van der Waals surface area contributed by atoms with Gasteiger partial charge in [-0.25, -0.2) is 0 Å². The molecule has 0 radical (unpaired) electrons. The van der Waals surface area contributed by atoms with Gasteiger partial charge in [-0.3, -0.25) is 4.90 Å². The lowest BCUT2D eigenvalue weighted by Crippen LogP contribution is -2.43. The van der Waals surface area contributed by atoms with E-state index in [1.165, 1.54) is 50.8 Å². The summed E-state index contributed by atoms with van der Waals surface area (Å²) in [7, 11) is 0. The van der Waals surface area contributed by atoms with E-state index in [0.29, 0.717) is 11.5 Å². The van der Waals surface area contributed by atoms with Crippen LogP contribution in [0, 0.1) is 5.41 Å². The summed E-state index contributed by atoms with van der Waals surface area (Å²) < 4.78 is 0. The molecule has 1 atom stereocenters. The van der Waals surface area contributed by atoms with Gasteiger partial charge in [-0.1, -0.05) is 50.6 Å². The van der Waals surface area contributed by atoms with Crippen molar-refractivity contribution in [3.63, 3.8) is 0 Å². The molecule has 1 unspecified atom stereocenters. The van der Waals surface area contributed by atoms with E-state index >= 15 is 0 Å². The third-order valence-corrected chi connectivity index (χ3v) is 5.66. The van der Waals surface area contributed by atoms with Gasteiger partial charge in [0, 0.05) is 18.6 Å². The molecule has 1 saturated heterocycles. The maximum atomic E-state index is 3.75. The minimum atomic E-state index is 0.549. The molecule has 2 heteroatoms. The number of likely N-dealkylation sites (tertiary alicyclic amines) is 1. The summed E-state index contributed by atoms with van der Waals surface area (Å²) in [6.07, 6.45) is 6.74. The van der Waals surface area contributed by atoms with Crippen molar-refractivity contribution in [2.24, 2.45) is 5.41 Å². The minimum absolute atomic E-state index is 0.549. The van der Waals surface area contributed by atoms with Gasteiger partial charge in [0.05, 0.1) is 0 Å². The molecule has 2 aliphatic rings. The van der Waals surface area contributed by atoms with E-state index in [-0.39, 0.29) is 0 Å². The molecule has 1 aromatic carbocycles. The Morgan fingerprint density at radius 1 is 1.19 bits per heavy atom. The number of benzene rings is 1. The molecular weight excluding hydrogens is 256 g/mol. The summed E-state index contributed by atoms with van der Waals surface area (Å²) >= 11 is 0. The molecule has 1 saturated carbocycles. The largest absolute Gasteiger partial charge is 0.312 e. The van der Waals surface area contributed by atoms with Crippen LogP contribution < -0.4 is 5.32 Å². The van der Waals surface area contributed by atoms with E-state index in [9.17, 15) is 0 Å². The highest BCUT2D eigenvalue weighted by atomic mass is 15.2. The van der Waals surface area contributed by atoms with Crippen LogP contribution in [0.2, 0.25) is 0 Å². The highest BCUT2D eigenvalue weighted by molar-refractivity contribution is 5.20. The molecule has 0 bridgehead atoms. The van der Waals surface area contributed by atoms with Gasteiger partial charge in [-0.2, -0.15) is 0 Å². The molecule has 3 rings (SSSR count). The number of hydrogen-bond donors (Lipinski definition) is 1. The second-order valence-electron chi connectivity index (χ2n) is 7.31. The molecule has 0 aromatic heterocycles. The van der Waals surface area contributed by atoms with Gasteiger partial charge in [0.25, 0.3) is 0 Å². The van der Waals surface area contributed by atoms with Gasteiger partial charge in [0.2, 0.25) is 0 Å². The van der Waals surface area contributed by atoms with Crippen molar-refractivity contribution < 1.29 is 0 Å². The van der Waals surface area contributed by atoms with Crippen LogP contribution in [0.4, 0.5) is 0 Å². The molecule has 0 spiro atoms. The molecule has 2 fully saturated rings. The molecule has 1 aromatic rings. The Morgan fingerprint density at radius 2 is 1.86 bits per heavy atom. The van der Waals surface area contributed by atoms with Crippen molar-refractivity contribution in [2.45, 2.75) is 58.0 Å².